The number of carbonyl (C=O) groups is 2. The van der Waals surface area contributed by atoms with Gasteiger partial charge in [0, 0.05) is 47.8 Å². The van der Waals surface area contributed by atoms with E-state index in [2.05, 4.69) is 15.5 Å². The number of pyridine rings is 1. The van der Waals surface area contributed by atoms with Crippen molar-refractivity contribution in [2.24, 2.45) is 0 Å². The second-order valence-corrected chi connectivity index (χ2v) is 6.97. The first-order chi connectivity index (χ1) is 13.5. The fourth-order valence-corrected chi connectivity index (χ4v) is 3.33. The average Bonchev–Trinajstić information content (AvgIpc) is 3.11. The smallest absolute Gasteiger partial charge is 0.254 e. The molecule has 3 aromatic rings. The van der Waals surface area contributed by atoms with Gasteiger partial charge in [-0.05, 0) is 36.4 Å². The number of hydrogen-bond acceptors (Lipinski definition) is 5. The second kappa shape index (κ2) is 7.44. The molecule has 0 unspecified atom stereocenters. The van der Waals surface area contributed by atoms with Crippen LogP contribution in [-0.2, 0) is 17.8 Å². The SMILES string of the molecule is CC(=O)Nc1cc(C(=O)N2CCc3noc(-c4ccc(Cl)cc4)c3C2)ccn1. The minimum atomic E-state index is -0.239. The topological polar surface area (TPSA) is 88.3 Å². The van der Waals surface area contributed by atoms with E-state index < -0.39 is 0 Å². The number of halogens is 1. The average molecular weight is 397 g/mol. The Morgan fingerprint density at radius 3 is 2.75 bits per heavy atom. The molecular formula is C20H17ClN4O3. The summed E-state index contributed by atoms with van der Waals surface area (Å²) >= 11 is 5.96. The van der Waals surface area contributed by atoms with Crippen LogP contribution in [0.15, 0.2) is 47.1 Å². The van der Waals surface area contributed by atoms with Gasteiger partial charge in [0.25, 0.3) is 5.91 Å². The predicted molar refractivity (Wildman–Crippen MR) is 104 cm³/mol. The Bertz CT molecular complexity index is 1050. The maximum absolute atomic E-state index is 13.0. The van der Waals surface area contributed by atoms with Gasteiger partial charge in [-0.1, -0.05) is 16.8 Å². The van der Waals surface area contributed by atoms with Crippen LogP contribution in [0.4, 0.5) is 5.82 Å². The number of fused-ring (bicyclic) bond motifs is 1. The molecule has 2 amide bonds. The molecule has 0 fully saturated rings. The third-order valence-electron chi connectivity index (χ3n) is 4.54. The van der Waals surface area contributed by atoms with Crippen molar-refractivity contribution in [3.63, 3.8) is 0 Å². The lowest BCUT2D eigenvalue weighted by atomic mass is 10.0. The summed E-state index contributed by atoms with van der Waals surface area (Å²) in [5, 5.41) is 7.40. The van der Waals surface area contributed by atoms with E-state index in [9.17, 15) is 9.59 Å². The quantitative estimate of drug-likeness (QED) is 0.731. The summed E-state index contributed by atoms with van der Waals surface area (Å²) in [6.07, 6.45) is 2.12. The minimum Gasteiger partial charge on any atom is -0.356 e. The molecule has 0 spiro atoms. The van der Waals surface area contributed by atoms with Crippen molar-refractivity contribution in [2.45, 2.75) is 19.9 Å². The molecule has 0 atom stereocenters. The Kier molecular flexibility index (Phi) is 4.83. The van der Waals surface area contributed by atoms with Crippen molar-refractivity contribution >= 4 is 29.2 Å². The number of benzene rings is 1. The van der Waals surface area contributed by atoms with Crippen molar-refractivity contribution in [2.75, 3.05) is 11.9 Å². The highest BCUT2D eigenvalue weighted by molar-refractivity contribution is 6.30. The summed E-state index contributed by atoms with van der Waals surface area (Å²) in [6.45, 7) is 2.33. The fourth-order valence-electron chi connectivity index (χ4n) is 3.21. The van der Waals surface area contributed by atoms with Gasteiger partial charge in [-0.3, -0.25) is 9.59 Å². The molecule has 2 aromatic heterocycles. The van der Waals surface area contributed by atoms with Crippen molar-refractivity contribution in [1.82, 2.24) is 15.0 Å². The van der Waals surface area contributed by atoms with Gasteiger partial charge in [-0.15, -0.1) is 0 Å². The molecule has 1 aliphatic rings. The molecule has 1 aromatic carbocycles. The molecule has 4 rings (SSSR count). The Hall–Kier alpha value is -3.19. The van der Waals surface area contributed by atoms with E-state index in [0.717, 1.165) is 16.8 Å². The second-order valence-electron chi connectivity index (χ2n) is 6.53. The zero-order valence-electron chi connectivity index (χ0n) is 15.1. The summed E-state index contributed by atoms with van der Waals surface area (Å²) in [5.41, 5.74) is 3.09. The van der Waals surface area contributed by atoms with Crippen LogP contribution in [0.5, 0.6) is 0 Å². The Morgan fingerprint density at radius 2 is 2.00 bits per heavy atom. The highest BCUT2D eigenvalue weighted by atomic mass is 35.5. The summed E-state index contributed by atoms with van der Waals surface area (Å²) in [5.74, 6) is 0.625. The number of hydrogen-bond donors (Lipinski definition) is 1. The molecule has 1 N–H and O–H groups in total. The van der Waals surface area contributed by atoms with Crippen LogP contribution in [0.1, 0.15) is 28.5 Å². The van der Waals surface area contributed by atoms with Crippen LogP contribution in [0.3, 0.4) is 0 Å². The van der Waals surface area contributed by atoms with Crippen molar-refractivity contribution in [1.29, 1.82) is 0 Å². The third-order valence-corrected chi connectivity index (χ3v) is 4.79. The zero-order valence-corrected chi connectivity index (χ0v) is 15.9. The highest BCUT2D eigenvalue weighted by Gasteiger charge is 2.28. The Labute approximate surface area is 166 Å². The Morgan fingerprint density at radius 1 is 1.21 bits per heavy atom. The van der Waals surface area contributed by atoms with Gasteiger partial charge in [0.1, 0.15) is 5.82 Å². The first kappa shape index (κ1) is 18.2. The minimum absolute atomic E-state index is 0.136. The highest BCUT2D eigenvalue weighted by Crippen LogP contribution is 2.31. The van der Waals surface area contributed by atoms with Gasteiger partial charge in [-0.2, -0.15) is 0 Å². The number of aromatic nitrogens is 2. The molecule has 142 valence electrons. The summed E-state index contributed by atoms with van der Waals surface area (Å²) in [7, 11) is 0. The van der Waals surface area contributed by atoms with Gasteiger partial charge < -0.3 is 14.7 Å². The third kappa shape index (κ3) is 3.61. The van der Waals surface area contributed by atoms with E-state index in [1.807, 2.05) is 12.1 Å². The number of rotatable bonds is 3. The lowest BCUT2D eigenvalue weighted by Gasteiger charge is -2.26. The molecule has 0 saturated carbocycles. The number of amides is 2. The maximum Gasteiger partial charge on any atom is 0.254 e. The van der Waals surface area contributed by atoms with E-state index >= 15 is 0 Å². The van der Waals surface area contributed by atoms with Crippen molar-refractivity contribution in [3.8, 4) is 11.3 Å². The lowest BCUT2D eigenvalue weighted by molar-refractivity contribution is -0.114. The van der Waals surface area contributed by atoms with Gasteiger partial charge in [0.05, 0.1) is 12.2 Å². The number of nitrogens with zero attached hydrogens (tertiary/aromatic N) is 3. The van der Waals surface area contributed by atoms with Gasteiger partial charge >= 0.3 is 0 Å². The van der Waals surface area contributed by atoms with E-state index in [1.54, 1.807) is 29.2 Å². The van der Waals surface area contributed by atoms with E-state index in [1.165, 1.54) is 13.1 Å². The first-order valence-electron chi connectivity index (χ1n) is 8.77. The predicted octanol–water partition coefficient (Wildman–Crippen LogP) is 3.55. The first-order valence-corrected chi connectivity index (χ1v) is 9.15. The zero-order chi connectivity index (χ0) is 19.7. The molecule has 0 saturated heterocycles. The summed E-state index contributed by atoms with van der Waals surface area (Å²) < 4.78 is 5.55. The maximum atomic E-state index is 13.0. The van der Waals surface area contributed by atoms with Crippen LogP contribution in [0.2, 0.25) is 5.02 Å². The molecule has 0 bridgehead atoms. The normalized spacial score (nSPS) is 13.1. The molecule has 7 nitrogen and oxygen atoms in total. The van der Waals surface area contributed by atoms with E-state index in [-0.39, 0.29) is 11.8 Å². The monoisotopic (exact) mass is 396 g/mol. The number of anilines is 1. The molecule has 1 aliphatic heterocycles. The van der Waals surface area contributed by atoms with Gasteiger partial charge in [0.15, 0.2) is 5.76 Å². The van der Waals surface area contributed by atoms with Gasteiger partial charge in [-0.25, -0.2) is 4.98 Å². The standard InChI is InChI=1S/C20H17ClN4O3/c1-12(26)23-18-10-14(6-8-22-18)20(27)25-9-7-17-16(11-25)19(28-24-17)13-2-4-15(21)5-3-13/h2-6,8,10H,7,9,11H2,1H3,(H,22,23,26). The van der Waals surface area contributed by atoms with Gasteiger partial charge in [0.2, 0.25) is 5.91 Å². The van der Waals surface area contributed by atoms with Crippen molar-refractivity contribution < 1.29 is 14.1 Å². The van der Waals surface area contributed by atoms with Crippen LogP contribution in [0, 0.1) is 0 Å². The summed E-state index contributed by atoms with van der Waals surface area (Å²) in [6, 6.07) is 10.5. The molecular weight excluding hydrogens is 380 g/mol. The van der Waals surface area contributed by atoms with E-state index in [4.69, 9.17) is 16.1 Å². The van der Waals surface area contributed by atoms with E-state index in [0.29, 0.717) is 41.7 Å². The molecule has 0 aliphatic carbocycles. The Balaban J connectivity index is 1.58. The van der Waals surface area contributed by atoms with Crippen LogP contribution < -0.4 is 5.32 Å². The summed E-state index contributed by atoms with van der Waals surface area (Å²) in [4.78, 5) is 30.0. The molecule has 8 heteroatoms. The molecule has 0 radical (unpaired) electrons. The van der Waals surface area contributed by atoms with Crippen molar-refractivity contribution in [3.05, 3.63) is 64.4 Å². The number of nitrogens with one attached hydrogen (secondary N) is 1. The fraction of sp³-hybridized carbons (Fsp3) is 0.200. The van der Waals surface area contributed by atoms with Crippen LogP contribution >= 0.6 is 11.6 Å². The lowest BCUT2D eigenvalue weighted by Crippen LogP contribution is -2.36. The molecule has 3 heterocycles. The number of carbonyl (C=O) groups excluding carboxylic acids is 2. The molecule has 28 heavy (non-hydrogen) atoms. The van der Waals surface area contributed by atoms with Crippen LogP contribution in [-0.4, -0.2) is 33.4 Å². The largest absolute Gasteiger partial charge is 0.356 e. The van der Waals surface area contributed by atoms with Crippen LogP contribution in [0.25, 0.3) is 11.3 Å².